The maximum absolute atomic E-state index is 13.8. The van der Waals surface area contributed by atoms with E-state index in [9.17, 15) is 18.4 Å². The molecule has 0 spiro atoms. The minimum atomic E-state index is -0.761. The molecular formula is C20H16ClF2N3O3. The highest BCUT2D eigenvalue weighted by Crippen LogP contribution is 2.27. The molecule has 150 valence electrons. The molecule has 0 saturated carbocycles. The van der Waals surface area contributed by atoms with Gasteiger partial charge in [-0.15, -0.1) is 0 Å². The van der Waals surface area contributed by atoms with E-state index in [4.69, 9.17) is 16.0 Å². The van der Waals surface area contributed by atoms with Crippen molar-refractivity contribution in [3.8, 4) is 11.3 Å². The van der Waals surface area contributed by atoms with Crippen LogP contribution in [0.3, 0.4) is 0 Å². The third-order valence-corrected chi connectivity index (χ3v) is 4.19. The van der Waals surface area contributed by atoms with Gasteiger partial charge in [0.1, 0.15) is 11.6 Å². The lowest BCUT2D eigenvalue weighted by molar-refractivity contribution is -0.116. The van der Waals surface area contributed by atoms with Crippen LogP contribution in [0.1, 0.15) is 19.2 Å². The second-order valence-electron chi connectivity index (χ2n) is 6.17. The number of anilines is 2. The minimum absolute atomic E-state index is 0.0512. The van der Waals surface area contributed by atoms with Gasteiger partial charge in [-0.1, -0.05) is 11.6 Å². The van der Waals surface area contributed by atoms with Crippen LogP contribution in [0.15, 0.2) is 47.0 Å². The van der Waals surface area contributed by atoms with Crippen LogP contribution >= 0.6 is 11.6 Å². The molecule has 1 heterocycles. The van der Waals surface area contributed by atoms with Crippen molar-refractivity contribution in [2.45, 2.75) is 19.8 Å². The van der Waals surface area contributed by atoms with Gasteiger partial charge in [0.2, 0.25) is 11.8 Å². The lowest BCUT2D eigenvalue weighted by Crippen LogP contribution is -2.13. The second kappa shape index (κ2) is 8.83. The zero-order chi connectivity index (χ0) is 21.0. The number of oxazole rings is 1. The van der Waals surface area contributed by atoms with Crippen LogP contribution in [0.25, 0.3) is 11.3 Å². The van der Waals surface area contributed by atoms with Gasteiger partial charge in [-0.25, -0.2) is 13.8 Å². The van der Waals surface area contributed by atoms with E-state index in [1.807, 2.05) is 0 Å². The number of benzene rings is 2. The Morgan fingerprint density at radius 1 is 1.14 bits per heavy atom. The first kappa shape index (κ1) is 20.5. The van der Waals surface area contributed by atoms with Gasteiger partial charge < -0.3 is 15.1 Å². The summed E-state index contributed by atoms with van der Waals surface area (Å²) in [5, 5.41) is 5.52. The lowest BCUT2D eigenvalue weighted by atomic mass is 10.2. The van der Waals surface area contributed by atoms with Crippen LogP contribution in [0.4, 0.5) is 20.2 Å². The Morgan fingerprint density at radius 2 is 1.93 bits per heavy atom. The van der Waals surface area contributed by atoms with E-state index < -0.39 is 11.6 Å². The second-order valence-corrected chi connectivity index (χ2v) is 6.57. The topological polar surface area (TPSA) is 84.2 Å². The van der Waals surface area contributed by atoms with Crippen molar-refractivity contribution >= 4 is 34.8 Å². The van der Waals surface area contributed by atoms with E-state index in [2.05, 4.69) is 15.6 Å². The smallest absolute Gasteiger partial charge is 0.224 e. The molecule has 0 aliphatic carbocycles. The highest BCUT2D eigenvalue weighted by atomic mass is 35.5. The van der Waals surface area contributed by atoms with E-state index in [0.717, 1.165) is 12.1 Å². The molecule has 0 saturated heterocycles. The number of rotatable bonds is 6. The third-order valence-electron chi connectivity index (χ3n) is 3.88. The van der Waals surface area contributed by atoms with Crippen molar-refractivity contribution in [2.75, 3.05) is 10.6 Å². The molecule has 0 radical (unpaired) electrons. The van der Waals surface area contributed by atoms with E-state index in [0.29, 0.717) is 11.4 Å². The first-order valence-corrected chi connectivity index (χ1v) is 8.97. The quantitative estimate of drug-likeness (QED) is 0.601. The Balaban J connectivity index is 1.59. The zero-order valence-corrected chi connectivity index (χ0v) is 16.0. The number of aromatic nitrogens is 1. The maximum atomic E-state index is 13.8. The fourth-order valence-corrected chi connectivity index (χ4v) is 2.80. The molecule has 2 aromatic carbocycles. The van der Waals surface area contributed by atoms with Crippen molar-refractivity contribution < 1.29 is 22.8 Å². The highest BCUT2D eigenvalue weighted by molar-refractivity contribution is 6.34. The summed E-state index contributed by atoms with van der Waals surface area (Å²) < 4.78 is 32.3. The molecule has 0 aliphatic heterocycles. The Kier molecular flexibility index (Phi) is 6.23. The summed E-state index contributed by atoms with van der Waals surface area (Å²) >= 11 is 6.11. The molecule has 0 unspecified atom stereocenters. The largest absolute Gasteiger partial charge is 0.441 e. The monoisotopic (exact) mass is 419 g/mol. The molecule has 6 nitrogen and oxygen atoms in total. The van der Waals surface area contributed by atoms with Crippen LogP contribution in [0, 0.1) is 11.6 Å². The predicted molar refractivity (Wildman–Crippen MR) is 105 cm³/mol. The summed E-state index contributed by atoms with van der Waals surface area (Å²) in [6, 6.07) is 7.85. The van der Waals surface area contributed by atoms with Gasteiger partial charge in [0.05, 0.1) is 22.5 Å². The Bertz CT molecular complexity index is 1070. The number of nitrogens with zero attached hydrogens (tertiary/aromatic N) is 1. The van der Waals surface area contributed by atoms with Crippen molar-refractivity contribution in [1.29, 1.82) is 0 Å². The van der Waals surface area contributed by atoms with E-state index in [1.165, 1.54) is 25.3 Å². The summed E-state index contributed by atoms with van der Waals surface area (Å²) in [6.07, 6.45) is 1.55. The molecule has 0 bridgehead atoms. The summed E-state index contributed by atoms with van der Waals surface area (Å²) in [6.45, 7) is 1.38. The number of nitrogens with one attached hydrogen (secondary N) is 2. The number of aryl methyl sites for hydroxylation is 1. The van der Waals surface area contributed by atoms with E-state index in [-0.39, 0.29) is 46.9 Å². The molecule has 1 aromatic heterocycles. The zero-order valence-electron chi connectivity index (χ0n) is 15.3. The van der Waals surface area contributed by atoms with Crippen LogP contribution in [-0.2, 0) is 16.0 Å². The summed E-state index contributed by atoms with van der Waals surface area (Å²) in [7, 11) is 0. The van der Waals surface area contributed by atoms with Gasteiger partial charge in [0, 0.05) is 31.5 Å². The number of amides is 2. The molecule has 2 N–H and O–H groups in total. The van der Waals surface area contributed by atoms with E-state index >= 15 is 0 Å². The molecule has 2 amide bonds. The predicted octanol–water partition coefficient (Wildman–Crippen LogP) is 4.80. The number of halogens is 3. The average Bonchev–Trinajstić information content (AvgIpc) is 3.10. The summed E-state index contributed by atoms with van der Waals surface area (Å²) in [5.74, 6) is -1.62. The van der Waals surface area contributed by atoms with Gasteiger partial charge in [-0.3, -0.25) is 9.59 Å². The van der Waals surface area contributed by atoms with Gasteiger partial charge in [-0.05, 0) is 30.3 Å². The number of carbonyl (C=O) groups is 2. The van der Waals surface area contributed by atoms with Crippen LogP contribution in [0.5, 0.6) is 0 Å². The molecule has 0 aliphatic rings. The average molecular weight is 420 g/mol. The fraction of sp³-hybridized carbons (Fsp3) is 0.150. The van der Waals surface area contributed by atoms with Gasteiger partial charge in [-0.2, -0.15) is 0 Å². The van der Waals surface area contributed by atoms with Crippen LogP contribution < -0.4 is 10.6 Å². The van der Waals surface area contributed by atoms with Gasteiger partial charge >= 0.3 is 0 Å². The van der Waals surface area contributed by atoms with Gasteiger partial charge in [0.25, 0.3) is 0 Å². The maximum Gasteiger partial charge on any atom is 0.224 e. The van der Waals surface area contributed by atoms with Crippen LogP contribution in [-0.4, -0.2) is 16.8 Å². The molecule has 9 heteroatoms. The Hall–Kier alpha value is -3.26. The highest BCUT2D eigenvalue weighted by Gasteiger charge is 2.14. The Labute approximate surface area is 169 Å². The van der Waals surface area contributed by atoms with Gasteiger partial charge in [0.15, 0.2) is 11.7 Å². The number of hydrogen-bond acceptors (Lipinski definition) is 4. The fourth-order valence-electron chi connectivity index (χ4n) is 2.57. The first-order chi connectivity index (χ1) is 13.8. The van der Waals surface area contributed by atoms with E-state index in [1.54, 1.807) is 12.1 Å². The third kappa shape index (κ3) is 5.39. The lowest BCUT2D eigenvalue weighted by Gasteiger charge is -2.09. The molecule has 3 rings (SSSR count). The molecule has 29 heavy (non-hydrogen) atoms. The number of hydrogen-bond donors (Lipinski definition) is 2. The van der Waals surface area contributed by atoms with Crippen molar-refractivity contribution in [1.82, 2.24) is 4.98 Å². The SMILES string of the molecule is CC(=O)Nc1ccc(NC(=O)CCc2ncc(-c3ccc(F)cc3F)o2)c(Cl)c1. The summed E-state index contributed by atoms with van der Waals surface area (Å²) in [4.78, 5) is 27.2. The Morgan fingerprint density at radius 3 is 2.62 bits per heavy atom. The van der Waals surface area contributed by atoms with Crippen molar-refractivity contribution in [3.63, 3.8) is 0 Å². The van der Waals surface area contributed by atoms with Crippen molar-refractivity contribution in [2.24, 2.45) is 0 Å². The van der Waals surface area contributed by atoms with Crippen LogP contribution in [0.2, 0.25) is 5.02 Å². The minimum Gasteiger partial charge on any atom is -0.441 e. The number of carbonyl (C=O) groups excluding carboxylic acids is 2. The molecular weight excluding hydrogens is 404 g/mol. The van der Waals surface area contributed by atoms with Crippen molar-refractivity contribution in [3.05, 3.63) is 65.1 Å². The summed E-state index contributed by atoms with van der Waals surface area (Å²) in [5.41, 5.74) is 0.994. The molecule has 0 atom stereocenters. The molecule has 3 aromatic rings. The standard InChI is InChI=1S/C20H16ClF2N3O3/c1-11(27)25-13-3-5-17(15(21)9-13)26-19(28)6-7-20-24-10-18(29-20)14-4-2-12(22)8-16(14)23/h2-5,8-10H,6-7H2,1H3,(H,25,27)(H,26,28). The first-order valence-electron chi connectivity index (χ1n) is 8.59. The normalized spacial score (nSPS) is 10.6. The molecule has 0 fully saturated rings.